The van der Waals surface area contributed by atoms with E-state index in [4.69, 9.17) is 12.2 Å². The highest BCUT2D eigenvalue weighted by atomic mass is 32.1. The van der Waals surface area contributed by atoms with Crippen molar-refractivity contribution in [2.24, 2.45) is 0 Å². The molecule has 0 spiro atoms. The molecule has 2 aromatic rings. The second kappa shape index (κ2) is 6.29. The molecule has 0 bridgehead atoms. The van der Waals surface area contributed by atoms with Crippen LogP contribution in [0.4, 0.5) is 5.69 Å². The third-order valence-corrected chi connectivity index (χ3v) is 3.08. The Hall–Kier alpha value is -1.94. The van der Waals surface area contributed by atoms with E-state index in [9.17, 15) is 0 Å². The Bertz CT molecular complexity index is 537. The van der Waals surface area contributed by atoms with E-state index in [1.165, 1.54) is 11.1 Å². The number of hydrogen-bond acceptors (Lipinski definition) is 2. The molecular weight excluding hydrogens is 254 g/mol. The van der Waals surface area contributed by atoms with Crippen molar-refractivity contribution in [1.82, 2.24) is 10.3 Å². The highest BCUT2D eigenvalue weighted by molar-refractivity contribution is 7.80. The second-order valence-electron chi connectivity index (χ2n) is 4.47. The zero-order valence-electron chi connectivity index (χ0n) is 11.1. The number of aryl methyl sites for hydroxylation is 1. The average molecular weight is 271 g/mol. The fourth-order valence-corrected chi connectivity index (χ4v) is 2.03. The van der Waals surface area contributed by atoms with E-state index in [1.807, 2.05) is 12.1 Å². The quantitative estimate of drug-likeness (QED) is 0.839. The van der Waals surface area contributed by atoms with Crippen molar-refractivity contribution in [3.8, 4) is 0 Å². The van der Waals surface area contributed by atoms with Gasteiger partial charge in [0.15, 0.2) is 5.11 Å². The first-order valence-corrected chi connectivity index (χ1v) is 6.60. The Balaban J connectivity index is 1.93. The maximum absolute atomic E-state index is 5.30. The van der Waals surface area contributed by atoms with Crippen LogP contribution in [0.15, 0.2) is 48.8 Å². The van der Waals surface area contributed by atoms with E-state index in [0.717, 1.165) is 5.69 Å². The Labute approximate surface area is 119 Å². The molecule has 19 heavy (non-hydrogen) atoms. The first-order valence-electron chi connectivity index (χ1n) is 6.19. The van der Waals surface area contributed by atoms with Crippen molar-refractivity contribution in [1.29, 1.82) is 0 Å². The molecule has 0 aliphatic carbocycles. The number of aromatic nitrogens is 1. The maximum Gasteiger partial charge on any atom is 0.171 e. The number of pyridine rings is 1. The van der Waals surface area contributed by atoms with Crippen LogP contribution in [0.25, 0.3) is 0 Å². The molecule has 0 aliphatic rings. The Kier molecular flexibility index (Phi) is 4.47. The standard InChI is InChI=1S/C15H17N3S/c1-11-3-5-13(6-4-11)12(2)17-15(19)18-14-7-9-16-10-8-14/h3-10,12H,1-2H3,(H2,16,17,18,19). The van der Waals surface area contributed by atoms with E-state index in [2.05, 4.69) is 53.7 Å². The first kappa shape index (κ1) is 13.5. The molecular formula is C15H17N3S. The zero-order valence-corrected chi connectivity index (χ0v) is 11.9. The summed E-state index contributed by atoms with van der Waals surface area (Å²) in [5, 5.41) is 7.01. The van der Waals surface area contributed by atoms with Crippen LogP contribution in [0.2, 0.25) is 0 Å². The summed E-state index contributed by atoms with van der Waals surface area (Å²) in [5.74, 6) is 0. The van der Waals surface area contributed by atoms with E-state index < -0.39 is 0 Å². The van der Waals surface area contributed by atoms with Gasteiger partial charge in [-0.1, -0.05) is 29.8 Å². The Morgan fingerprint density at radius 1 is 1.11 bits per heavy atom. The van der Waals surface area contributed by atoms with Crippen LogP contribution in [-0.4, -0.2) is 10.1 Å². The van der Waals surface area contributed by atoms with Gasteiger partial charge in [0.2, 0.25) is 0 Å². The Morgan fingerprint density at radius 2 is 1.74 bits per heavy atom. The molecule has 2 N–H and O–H groups in total. The summed E-state index contributed by atoms with van der Waals surface area (Å²) in [4.78, 5) is 3.97. The predicted octanol–water partition coefficient (Wildman–Crippen LogP) is 3.44. The minimum atomic E-state index is 0.169. The highest BCUT2D eigenvalue weighted by Crippen LogP contribution is 2.13. The van der Waals surface area contributed by atoms with Gasteiger partial charge in [0.05, 0.1) is 6.04 Å². The largest absolute Gasteiger partial charge is 0.356 e. The Morgan fingerprint density at radius 3 is 2.37 bits per heavy atom. The van der Waals surface area contributed by atoms with E-state index in [0.29, 0.717) is 5.11 Å². The SMILES string of the molecule is Cc1ccc(C(C)NC(=S)Nc2ccncc2)cc1. The van der Waals surface area contributed by atoms with Gasteiger partial charge in [0.1, 0.15) is 0 Å². The fourth-order valence-electron chi connectivity index (χ4n) is 1.74. The molecule has 4 heteroatoms. The zero-order chi connectivity index (χ0) is 13.7. The summed E-state index contributed by atoms with van der Waals surface area (Å²) >= 11 is 5.30. The van der Waals surface area contributed by atoms with E-state index >= 15 is 0 Å². The molecule has 2 rings (SSSR count). The number of anilines is 1. The van der Waals surface area contributed by atoms with Crippen LogP contribution in [0.5, 0.6) is 0 Å². The van der Waals surface area contributed by atoms with Crippen LogP contribution < -0.4 is 10.6 Å². The molecule has 1 unspecified atom stereocenters. The van der Waals surface area contributed by atoms with Crippen LogP contribution in [0, 0.1) is 6.92 Å². The molecule has 1 heterocycles. The molecule has 0 saturated carbocycles. The predicted molar refractivity (Wildman–Crippen MR) is 83.2 cm³/mol. The molecule has 1 atom stereocenters. The summed E-state index contributed by atoms with van der Waals surface area (Å²) in [7, 11) is 0. The molecule has 0 fully saturated rings. The van der Waals surface area contributed by atoms with Gasteiger partial charge in [-0.15, -0.1) is 0 Å². The lowest BCUT2D eigenvalue weighted by Crippen LogP contribution is -2.30. The smallest absolute Gasteiger partial charge is 0.171 e. The van der Waals surface area contributed by atoms with Gasteiger partial charge >= 0.3 is 0 Å². The van der Waals surface area contributed by atoms with Gasteiger partial charge in [-0.2, -0.15) is 0 Å². The van der Waals surface area contributed by atoms with Crippen molar-refractivity contribution in [3.63, 3.8) is 0 Å². The lowest BCUT2D eigenvalue weighted by atomic mass is 10.1. The monoisotopic (exact) mass is 271 g/mol. The van der Waals surface area contributed by atoms with Gasteiger partial charge in [-0.25, -0.2) is 0 Å². The molecule has 98 valence electrons. The summed E-state index contributed by atoms with van der Waals surface area (Å²) in [6.07, 6.45) is 3.46. The van der Waals surface area contributed by atoms with Crippen molar-refractivity contribution in [2.75, 3.05) is 5.32 Å². The number of nitrogens with zero attached hydrogens (tertiary/aromatic N) is 1. The molecule has 1 aromatic heterocycles. The summed E-state index contributed by atoms with van der Waals surface area (Å²) in [6, 6.07) is 12.4. The molecule has 1 aromatic carbocycles. The number of hydrogen-bond donors (Lipinski definition) is 2. The van der Waals surface area contributed by atoms with Crippen LogP contribution in [0.1, 0.15) is 24.1 Å². The van der Waals surface area contributed by atoms with Crippen LogP contribution in [0.3, 0.4) is 0 Å². The van der Waals surface area contributed by atoms with Gasteiger partial charge < -0.3 is 10.6 Å². The van der Waals surface area contributed by atoms with Crippen molar-refractivity contribution in [3.05, 3.63) is 59.9 Å². The average Bonchev–Trinajstić information content (AvgIpc) is 2.40. The minimum absolute atomic E-state index is 0.169. The molecule has 0 aliphatic heterocycles. The van der Waals surface area contributed by atoms with Crippen molar-refractivity contribution < 1.29 is 0 Å². The first-order chi connectivity index (χ1) is 9.15. The summed E-state index contributed by atoms with van der Waals surface area (Å²) in [6.45, 7) is 4.17. The number of rotatable bonds is 3. The van der Waals surface area contributed by atoms with Crippen molar-refractivity contribution in [2.45, 2.75) is 19.9 Å². The van der Waals surface area contributed by atoms with E-state index in [-0.39, 0.29) is 6.04 Å². The number of nitrogens with one attached hydrogen (secondary N) is 2. The lowest BCUT2D eigenvalue weighted by Gasteiger charge is -2.17. The van der Waals surface area contributed by atoms with Crippen LogP contribution in [-0.2, 0) is 0 Å². The van der Waals surface area contributed by atoms with Gasteiger partial charge in [0, 0.05) is 18.1 Å². The molecule has 0 amide bonds. The second-order valence-corrected chi connectivity index (χ2v) is 4.87. The molecule has 3 nitrogen and oxygen atoms in total. The van der Waals surface area contributed by atoms with Crippen molar-refractivity contribution >= 4 is 23.0 Å². The van der Waals surface area contributed by atoms with Gasteiger partial charge in [-0.05, 0) is 43.8 Å². The molecule has 0 radical (unpaired) electrons. The highest BCUT2D eigenvalue weighted by Gasteiger charge is 2.06. The maximum atomic E-state index is 5.30. The topological polar surface area (TPSA) is 37.0 Å². The third-order valence-electron chi connectivity index (χ3n) is 2.86. The van der Waals surface area contributed by atoms with E-state index in [1.54, 1.807) is 12.4 Å². The fraction of sp³-hybridized carbons (Fsp3) is 0.200. The summed E-state index contributed by atoms with van der Waals surface area (Å²) in [5.41, 5.74) is 3.40. The van der Waals surface area contributed by atoms with Gasteiger partial charge in [0.25, 0.3) is 0 Å². The normalized spacial score (nSPS) is 11.7. The summed E-state index contributed by atoms with van der Waals surface area (Å²) < 4.78 is 0. The third kappa shape index (κ3) is 4.03. The number of benzene rings is 1. The molecule has 0 saturated heterocycles. The van der Waals surface area contributed by atoms with Crippen LogP contribution >= 0.6 is 12.2 Å². The lowest BCUT2D eigenvalue weighted by molar-refractivity contribution is 0.722. The minimum Gasteiger partial charge on any atom is -0.356 e. The van der Waals surface area contributed by atoms with Gasteiger partial charge in [-0.3, -0.25) is 4.98 Å². The number of thiocarbonyl (C=S) groups is 1.